The molecule has 1 fully saturated rings. The largest absolute Gasteiger partial charge is 0.356 e. The summed E-state index contributed by atoms with van der Waals surface area (Å²) in [5.41, 5.74) is 1.41. The SMILES string of the molecule is CN=C(NCc1ccc(S(=O)(=O)NC)cc1)NCC1(CC(C)C)CCC1.I. The predicted molar refractivity (Wildman–Crippen MR) is 122 cm³/mol. The molecular formula is C19H33IN4O2S. The van der Waals surface area contributed by atoms with Gasteiger partial charge in [0.05, 0.1) is 4.90 Å². The zero-order chi connectivity index (χ0) is 19.2. The Morgan fingerprint density at radius 2 is 1.81 bits per heavy atom. The zero-order valence-electron chi connectivity index (χ0n) is 16.7. The Balaban J connectivity index is 0.00000364. The molecule has 8 heteroatoms. The van der Waals surface area contributed by atoms with Crippen molar-refractivity contribution in [2.45, 2.75) is 51.0 Å². The van der Waals surface area contributed by atoms with E-state index >= 15 is 0 Å². The third-order valence-corrected chi connectivity index (χ3v) is 6.50. The fourth-order valence-electron chi connectivity index (χ4n) is 3.58. The molecule has 1 aliphatic carbocycles. The maximum absolute atomic E-state index is 11.8. The maximum atomic E-state index is 11.8. The van der Waals surface area contributed by atoms with Gasteiger partial charge in [-0.1, -0.05) is 32.4 Å². The van der Waals surface area contributed by atoms with Crippen LogP contribution in [0, 0.1) is 11.3 Å². The van der Waals surface area contributed by atoms with Crippen molar-refractivity contribution < 1.29 is 8.42 Å². The van der Waals surface area contributed by atoms with Gasteiger partial charge in [-0.25, -0.2) is 13.1 Å². The standard InChI is InChI=1S/C19H32N4O2S.HI/c1-15(2)12-19(10-5-11-19)14-23-18(20-3)22-13-16-6-8-17(9-7-16)26(24,25)21-4;/h6-9,15,21H,5,10-14H2,1-4H3,(H2,20,22,23);1H. The van der Waals surface area contributed by atoms with E-state index in [2.05, 4.69) is 34.2 Å². The quantitative estimate of drug-likeness (QED) is 0.287. The highest BCUT2D eigenvalue weighted by Gasteiger charge is 2.37. The van der Waals surface area contributed by atoms with Gasteiger partial charge >= 0.3 is 0 Å². The predicted octanol–water partition coefficient (Wildman–Crippen LogP) is 3.09. The number of aliphatic imine (C=N–C) groups is 1. The van der Waals surface area contributed by atoms with Crippen LogP contribution in [-0.2, 0) is 16.6 Å². The molecule has 1 aromatic carbocycles. The molecule has 1 aliphatic rings. The van der Waals surface area contributed by atoms with Gasteiger partial charge in [0.15, 0.2) is 5.96 Å². The van der Waals surface area contributed by atoms with Crippen LogP contribution in [0.15, 0.2) is 34.2 Å². The summed E-state index contributed by atoms with van der Waals surface area (Å²) in [5.74, 6) is 1.49. The minimum atomic E-state index is -3.39. The van der Waals surface area contributed by atoms with Crippen LogP contribution >= 0.6 is 24.0 Å². The van der Waals surface area contributed by atoms with Gasteiger partial charge in [0.25, 0.3) is 0 Å². The van der Waals surface area contributed by atoms with Gasteiger partial charge in [0.2, 0.25) is 10.0 Å². The fourth-order valence-corrected chi connectivity index (χ4v) is 4.31. The monoisotopic (exact) mass is 508 g/mol. The van der Waals surface area contributed by atoms with Crippen molar-refractivity contribution in [3.63, 3.8) is 0 Å². The van der Waals surface area contributed by atoms with E-state index in [0.717, 1.165) is 18.1 Å². The third kappa shape index (κ3) is 6.90. The van der Waals surface area contributed by atoms with Gasteiger partial charge in [-0.15, -0.1) is 24.0 Å². The van der Waals surface area contributed by atoms with Crippen molar-refractivity contribution in [2.24, 2.45) is 16.3 Å². The molecule has 0 radical (unpaired) electrons. The van der Waals surface area contributed by atoms with E-state index < -0.39 is 10.0 Å². The van der Waals surface area contributed by atoms with Crippen LogP contribution in [0.5, 0.6) is 0 Å². The summed E-state index contributed by atoms with van der Waals surface area (Å²) in [4.78, 5) is 4.57. The molecule has 0 saturated heterocycles. The molecular weight excluding hydrogens is 475 g/mol. The number of rotatable bonds is 8. The summed E-state index contributed by atoms with van der Waals surface area (Å²) in [6.45, 7) is 6.11. The number of sulfonamides is 1. The molecule has 0 amide bonds. The van der Waals surface area contributed by atoms with E-state index in [9.17, 15) is 8.42 Å². The Hall–Kier alpha value is -0.870. The van der Waals surface area contributed by atoms with Gasteiger partial charge in [-0.2, -0.15) is 0 Å². The highest BCUT2D eigenvalue weighted by Crippen LogP contribution is 2.45. The van der Waals surface area contributed by atoms with Crippen LogP contribution in [0.3, 0.4) is 0 Å². The zero-order valence-corrected chi connectivity index (χ0v) is 19.9. The highest BCUT2D eigenvalue weighted by molar-refractivity contribution is 14.0. The molecule has 27 heavy (non-hydrogen) atoms. The number of guanidine groups is 1. The Labute approximate surface area is 181 Å². The summed E-state index contributed by atoms with van der Waals surface area (Å²) in [6.07, 6.45) is 5.15. The molecule has 6 nitrogen and oxygen atoms in total. The molecule has 1 aromatic rings. The van der Waals surface area contributed by atoms with Crippen LogP contribution in [0.25, 0.3) is 0 Å². The highest BCUT2D eigenvalue weighted by atomic mass is 127. The molecule has 2 rings (SSSR count). The summed E-state index contributed by atoms with van der Waals surface area (Å²) in [5, 5.41) is 6.77. The van der Waals surface area contributed by atoms with Gasteiger partial charge < -0.3 is 10.6 Å². The lowest BCUT2D eigenvalue weighted by molar-refractivity contribution is 0.104. The second kappa shape index (κ2) is 10.6. The van der Waals surface area contributed by atoms with Crippen molar-refractivity contribution in [3.05, 3.63) is 29.8 Å². The van der Waals surface area contributed by atoms with Gasteiger partial charge in [-0.3, -0.25) is 4.99 Å². The third-order valence-electron chi connectivity index (χ3n) is 5.07. The first-order chi connectivity index (χ1) is 12.3. The Morgan fingerprint density at radius 1 is 1.19 bits per heavy atom. The minimum Gasteiger partial charge on any atom is -0.356 e. The normalized spacial score (nSPS) is 16.4. The maximum Gasteiger partial charge on any atom is 0.240 e. The minimum absolute atomic E-state index is 0. The lowest BCUT2D eigenvalue weighted by atomic mass is 9.64. The number of benzene rings is 1. The van der Waals surface area contributed by atoms with Crippen molar-refractivity contribution in [3.8, 4) is 0 Å². The van der Waals surface area contributed by atoms with E-state index in [1.165, 1.54) is 32.7 Å². The number of nitrogens with one attached hydrogen (secondary N) is 3. The van der Waals surface area contributed by atoms with Gasteiger partial charge in [-0.05, 0) is 55.3 Å². The van der Waals surface area contributed by atoms with Crippen LogP contribution in [-0.4, -0.2) is 35.0 Å². The van der Waals surface area contributed by atoms with E-state index in [-0.39, 0.29) is 28.9 Å². The van der Waals surface area contributed by atoms with E-state index in [4.69, 9.17) is 0 Å². The van der Waals surface area contributed by atoms with Gasteiger partial charge in [0, 0.05) is 20.1 Å². The van der Waals surface area contributed by atoms with E-state index in [0.29, 0.717) is 17.9 Å². The molecule has 0 aliphatic heterocycles. The Kier molecular flexibility index (Phi) is 9.50. The topological polar surface area (TPSA) is 82.6 Å². The fraction of sp³-hybridized carbons (Fsp3) is 0.632. The molecule has 0 atom stereocenters. The summed E-state index contributed by atoms with van der Waals surface area (Å²) in [7, 11) is -0.206. The van der Waals surface area contributed by atoms with Gasteiger partial charge in [0.1, 0.15) is 0 Å². The molecule has 0 bridgehead atoms. The second-order valence-electron chi connectivity index (χ2n) is 7.58. The average Bonchev–Trinajstić information content (AvgIpc) is 2.59. The molecule has 0 heterocycles. The molecule has 0 aromatic heterocycles. The second-order valence-corrected chi connectivity index (χ2v) is 9.47. The van der Waals surface area contributed by atoms with E-state index in [1.54, 1.807) is 19.2 Å². The lowest BCUT2D eigenvalue weighted by Gasteiger charge is -2.43. The number of hydrogen-bond donors (Lipinski definition) is 3. The van der Waals surface area contributed by atoms with Crippen molar-refractivity contribution in [1.29, 1.82) is 0 Å². The van der Waals surface area contributed by atoms with Crippen LogP contribution in [0.2, 0.25) is 0 Å². The summed E-state index contributed by atoms with van der Waals surface area (Å²) >= 11 is 0. The van der Waals surface area contributed by atoms with Crippen molar-refractivity contribution in [1.82, 2.24) is 15.4 Å². The van der Waals surface area contributed by atoms with Crippen LogP contribution in [0.1, 0.15) is 45.1 Å². The molecule has 0 unspecified atom stereocenters. The first-order valence-corrected chi connectivity index (χ1v) is 10.8. The number of nitrogens with zero attached hydrogens (tertiary/aromatic N) is 1. The van der Waals surface area contributed by atoms with Crippen molar-refractivity contribution in [2.75, 3.05) is 20.6 Å². The molecule has 154 valence electrons. The first kappa shape index (κ1) is 24.2. The van der Waals surface area contributed by atoms with Crippen LogP contribution < -0.4 is 15.4 Å². The van der Waals surface area contributed by atoms with E-state index in [1.807, 2.05) is 12.1 Å². The van der Waals surface area contributed by atoms with Crippen LogP contribution in [0.4, 0.5) is 0 Å². The number of halogens is 1. The lowest BCUT2D eigenvalue weighted by Crippen LogP contribution is -2.46. The summed E-state index contributed by atoms with van der Waals surface area (Å²) < 4.78 is 25.8. The Bertz CT molecular complexity index is 714. The molecule has 3 N–H and O–H groups in total. The first-order valence-electron chi connectivity index (χ1n) is 9.27. The Morgan fingerprint density at radius 3 is 2.26 bits per heavy atom. The summed E-state index contributed by atoms with van der Waals surface area (Å²) in [6, 6.07) is 6.86. The average molecular weight is 508 g/mol. The molecule has 0 spiro atoms. The number of hydrogen-bond acceptors (Lipinski definition) is 3. The van der Waals surface area contributed by atoms with Crippen molar-refractivity contribution >= 4 is 40.0 Å². The molecule has 1 saturated carbocycles. The smallest absolute Gasteiger partial charge is 0.240 e.